The van der Waals surface area contributed by atoms with Gasteiger partial charge in [-0.05, 0) is 30.2 Å². The van der Waals surface area contributed by atoms with E-state index in [1.165, 1.54) is 26.3 Å². The number of aryl methyl sites for hydroxylation is 1. The lowest BCUT2D eigenvalue weighted by molar-refractivity contribution is 0.485. The van der Waals surface area contributed by atoms with Gasteiger partial charge < -0.3 is 5.11 Å². The molecule has 0 aliphatic rings. The van der Waals surface area contributed by atoms with Gasteiger partial charge in [0.1, 0.15) is 0 Å². The summed E-state index contributed by atoms with van der Waals surface area (Å²) in [6.45, 7) is 2.07. The zero-order chi connectivity index (χ0) is 10.1. The second kappa shape index (κ2) is 3.83. The van der Waals surface area contributed by atoms with Crippen LogP contribution in [0.15, 0.2) is 23.1 Å². The van der Waals surface area contributed by atoms with E-state index in [0.29, 0.717) is 5.06 Å². The minimum Gasteiger partial charge on any atom is -0.499 e. The van der Waals surface area contributed by atoms with Crippen molar-refractivity contribution in [2.45, 2.75) is 18.2 Å². The van der Waals surface area contributed by atoms with E-state index in [9.17, 15) is 5.11 Å². The van der Waals surface area contributed by atoms with E-state index in [2.05, 4.69) is 31.4 Å². The Kier molecular flexibility index (Phi) is 2.70. The molecule has 1 heterocycles. The molecule has 0 amide bonds. The van der Waals surface area contributed by atoms with Gasteiger partial charge in [-0.25, -0.2) is 0 Å². The Labute approximate surface area is 91.8 Å². The van der Waals surface area contributed by atoms with Crippen molar-refractivity contribution in [3.63, 3.8) is 0 Å². The van der Waals surface area contributed by atoms with Crippen molar-refractivity contribution in [2.75, 3.05) is 6.26 Å². The summed E-state index contributed by atoms with van der Waals surface area (Å²) in [4.78, 5) is 1.25. The van der Waals surface area contributed by atoms with Crippen LogP contribution in [0.4, 0.5) is 0 Å². The predicted molar refractivity (Wildman–Crippen MR) is 64.6 cm³/mol. The van der Waals surface area contributed by atoms with Gasteiger partial charge >= 0.3 is 0 Å². The van der Waals surface area contributed by atoms with Gasteiger partial charge in [0.15, 0.2) is 5.06 Å². The van der Waals surface area contributed by atoms with Crippen molar-refractivity contribution >= 4 is 33.2 Å². The quantitative estimate of drug-likeness (QED) is 0.781. The van der Waals surface area contributed by atoms with E-state index in [4.69, 9.17) is 0 Å². The van der Waals surface area contributed by atoms with Gasteiger partial charge in [0.2, 0.25) is 0 Å². The molecule has 14 heavy (non-hydrogen) atoms. The lowest BCUT2D eigenvalue weighted by atomic mass is 10.1. The first-order valence-corrected chi connectivity index (χ1v) is 6.58. The Morgan fingerprint density at radius 2 is 2.21 bits per heavy atom. The smallest absolute Gasteiger partial charge is 0.175 e. The van der Waals surface area contributed by atoms with E-state index in [-0.39, 0.29) is 0 Å². The summed E-state index contributed by atoms with van der Waals surface area (Å²) < 4.78 is 1.19. The van der Waals surface area contributed by atoms with Crippen LogP contribution in [0.2, 0.25) is 0 Å². The Morgan fingerprint density at radius 3 is 2.86 bits per heavy atom. The average Bonchev–Trinajstić information content (AvgIpc) is 2.51. The van der Waals surface area contributed by atoms with Crippen LogP contribution < -0.4 is 0 Å². The van der Waals surface area contributed by atoms with Crippen LogP contribution in [-0.2, 0) is 6.42 Å². The van der Waals surface area contributed by atoms with Crippen molar-refractivity contribution in [3.8, 4) is 5.06 Å². The summed E-state index contributed by atoms with van der Waals surface area (Å²) in [6.07, 6.45) is 2.96. The zero-order valence-corrected chi connectivity index (χ0v) is 9.84. The summed E-state index contributed by atoms with van der Waals surface area (Å²) >= 11 is 3.21. The highest BCUT2D eigenvalue weighted by atomic mass is 32.2. The zero-order valence-electron chi connectivity index (χ0n) is 8.20. The van der Waals surface area contributed by atoms with Crippen molar-refractivity contribution in [3.05, 3.63) is 23.8 Å². The lowest BCUT2D eigenvalue weighted by Crippen LogP contribution is -1.76. The van der Waals surface area contributed by atoms with Crippen LogP contribution in [0.5, 0.6) is 5.06 Å². The minimum atomic E-state index is 0.473. The number of thioether (sulfide) groups is 1. The number of thiophene rings is 1. The molecule has 2 aromatic rings. The van der Waals surface area contributed by atoms with Crippen LogP contribution in [0.1, 0.15) is 12.5 Å². The third-order valence-corrected chi connectivity index (χ3v) is 4.06. The molecule has 0 aliphatic carbocycles. The molecule has 0 bridgehead atoms. The van der Waals surface area contributed by atoms with Gasteiger partial charge in [-0.15, -0.1) is 11.8 Å². The van der Waals surface area contributed by atoms with Crippen molar-refractivity contribution in [1.82, 2.24) is 0 Å². The van der Waals surface area contributed by atoms with E-state index in [1.807, 2.05) is 0 Å². The van der Waals surface area contributed by atoms with Gasteiger partial charge in [0.05, 0.1) is 0 Å². The molecule has 74 valence electrons. The minimum absolute atomic E-state index is 0.473. The number of rotatable bonds is 2. The molecule has 1 nitrogen and oxygen atoms in total. The molecule has 1 N–H and O–H groups in total. The predicted octanol–water partition coefficient (Wildman–Crippen LogP) is 3.89. The van der Waals surface area contributed by atoms with Crippen molar-refractivity contribution < 1.29 is 5.11 Å². The topological polar surface area (TPSA) is 20.2 Å². The molecule has 0 spiro atoms. The summed E-state index contributed by atoms with van der Waals surface area (Å²) in [7, 11) is 0. The van der Waals surface area contributed by atoms with E-state index in [0.717, 1.165) is 12.0 Å². The molecule has 0 aliphatic heterocycles. The average molecular weight is 224 g/mol. The van der Waals surface area contributed by atoms with Crippen LogP contribution in [0.25, 0.3) is 10.1 Å². The van der Waals surface area contributed by atoms with Crippen LogP contribution in [0, 0.1) is 0 Å². The third kappa shape index (κ3) is 1.51. The van der Waals surface area contributed by atoms with Gasteiger partial charge in [-0.1, -0.05) is 24.3 Å². The Morgan fingerprint density at radius 1 is 1.43 bits per heavy atom. The number of benzene rings is 1. The van der Waals surface area contributed by atoms with E-state index >= 15 is 0 Å². The highest BCUT2D eigenvalue weighted by molar-refractivity contribution is 7.98. The molecule has 0 fully saturated rings. The summed E-state index contributed by atoms with van der Waals surface area (Å²) in [6, 6.07) is 6.36. The molecule has 3 heteroatoms. The molecule has 0 saturated carbocycles. The van der Waals surface area contributed by atoms with Gasteiger partial charge in [0, 0.05) is 15.2 Å². The molecule has 0 atom stereocenters. The molecule has 0 unspecified atom stereocenters. The van der Waals surface area contributed by atoms with Crippen molar-refractivity contribution in [2.24, 2.45) is 0 Å². The Bertz CT molecular complexity index is 460. The number of hydrogen-bond donors (Lipinski definition) is 1. The maximum Gasteiger partial charge on any atom is 0.175 e. The summed E-state index contributed by atoms with van der Waals surface area (Å²) in [5.41, 5.74) is 1.08. The van der Waals surface area contributed by atoms with Crippen LogP contribution in [0.3, 0.4) is 0 Å². The molecule has 0 saturated heterocycles. The molecule has 2 rings (SSSR count). The van der Waals surface area contributed by atoms with Gasteiger partial charge in [0.25, 0.3) is 0 Å². The molecule has 0 radical (unpaired) electrons. The first-order chi connectivity index (χ1) is 6.76. The Hall–Kier alpha value is -0.670. The third-order valence-electron chi connectivity index (χ3n) is 2.33. The second-order valence-electron chi connectivity index (χ2n) is 3.10. The van der Waals surface area contributed by atoms with Gasteiger partial charge in [-0.2, -0.15) is 0 Å². The highest BCUT2D eigenvalue weighted by Gasteiger charge is 2.09. The lowest BCUT2D eigenvalue weighted by Gasteiger charge is -1.97. The first kappa shape index (κ1) is 9.87. The molecule has 1 aromatic carbocycles. The monoisotopic (exact) mass is 224 g/mol. The fraction of sp³-hybridized carbons (Fsp3) is 0.273. The van der Waals surface area contributed by atoms with E-state index < -0.39 is 0 Å². The fourth-order valence-electron chi connectivity index (χ4n) is 1.59. The standard InChI is InChI=1S/C11H12OS2/c1-3-8-9-5-4-7(13-2)6-10(9)14-11(8)12/h4-6,12H,3H2,1-2H3. The molecular weight excluding hydrogens is 212 g/mol. The summed E-state index contributed by atoms with van der Waals surface area (Å²) in [5.74, 6) is 0. The summed E-state index contributed by atoms with van der Waals surface area (Å²) in [5, 5.41) is 11.4. The van der Waals surface area contributed by atoms with E-state index in [1.54, 1.807) is 11.8 Å². The SMILES string of the molecule is CCc1c(O)sc2cc(SC)ccc12. The first-order valence-electron chi connectivity index (χ1n) is 4.54. The van der Waals surface area contributed by atoms with Crippen LogP contribution >= 0.6 is 23.1 Å². The number of hydrogen-bond acceptors (Lipinski definition) is 3. The second-order valence-corrected chi connectivity index (χ2v) is 5.01. The van der Waals surface area contributed by atoms with Crippen molar-refractivity contribution in [1.29, 1.82) is 0 Å². The van der Waals surface area contributed by atoms with Crippen LogP contribution in [-0.4, -0.2) is 11.4 Å². The normalized spacial score (nSPS) is 11.0. The largest absolute Gasteiger partial charge is 0.499 e. The maximum atomic E-state index is 9.71. The Balaban J connectivity index is 2.68. The molecular formula is C11H12OS2. The maximum absolute atomic E-state index is 9.71. The number of fused-ring (bicyclic) bond motifs is 1. The fourth-order valence-corrected chi connectivity index (χ4v) is 3.17. The number of aromatic hydroxyl groups is 1. The van der Waals surface area contributed by atoms with Gasteiger partial charge in [-0.3, -0.25) is 0 Å². The highest BCUT2D eigenvalue weighted by Crippen LogP contribution is 2.38. The molecule has 1 aromatic heterocycles.